The highest BCUT2D eigenvalue weighted by Crippen LogP contribution is 2.33. The molecule has 2 aromatic carbocycles. The normalized spacial score (nSPS) is 27.4. The van der Waals surface area contributed by atoms with E-state index in [-0.39, 0.29) is 36.7 Å². The Kier molecular flexibility index (Phi) is 9.03. The number of likely N-dealkylation sites (tertiary alicyclic amines) is 1. The number of aliphatic hydroxyl groups excluding tert-OH is 1. The summed E-state index contributed by atoms with van der Waals surface area (Å²) in [5, 5.41) is 10.4. The van der Waals surface area contributed by atoms with Crippen molar-refractivity contribution in [2.45, 2.75) is 74.7 Å². The summed E-state index contributed by atoms with van der Waals surface area (Å²) < 4.78 is 40.9. The van der Waals surface area contributed by atoms with Crippen LogP contribution in [-0.2, 0) is 30.7 Å². The molecule has 3 aliphatic heterocycles. The lowest BCUT2D eigenvalue weighted by atomic mass is 9.90. The van der Waals surface area contributed by atoms with Crippen LogP contribution in [0, 0.1) is 12.8 Å². The van der Waals surface area contributed by atoms with Crippen molar-refractivity contribution in [3.05, 3.63) is 65.7 Å². The minimum absolute atomic E-state index is 0.0356. The Balaban J connectivity index is 1.20. The zero-order chi connectivity index (χ0) is 27.4. The standard InChI is InChI=1S/C30H40N2O6S/c1-22-7-5-6-10-29(22)39(35,36)32-19-25(33)20-37-21-28-27(32)12-11-26(38-28)18-30(34)31-15-13-24(14-16-31)17-23-8-3-2-4-9-23/h2-10,24-28,33H,11-21H2,1H3/t25-,26-,27+,28-/m1/s1. The maximum Gasteiger partial charge on any atom is 0.243 e. The van der Waals surface area contributed by atoms with Crippen molar-refractivity contribution in [1.29, 1.82) is 0 Å². The fourth-order valence-electron chi connectivity index (χ4n) is 6.20. The lowest BCUT2D eigenvalue weighted by Crippen LogP contribution is -2.57. The van der Waals surface area contributed by atoms with Crippen LogP contribution >= 0.6 is 0 Å². The Morgan fingerprint density at radius 1 is 0.974 bits per heavy atom. The fourth-order valence-corrected chi connectivity index (χ4v) is 8.14. The Hall–Kier alpha value is -2.30. The van der Waals surface area contributed by atoms with Crippen LogP contribution in [0.2, 0.25) is 0 Å². The van der Waals surface area contributed by atoms with Gasteiger partial charge in [-0.25, -0.2) is 8.42 Å². The molecule has 212 valence electrons. The second-order valence-electron chi connectivity index (χ2n) is 11.2. The summed E-state index contributed by atoms with van der Waals surface area (Å²) >= 11 is 0. The predicted molar refractivity (Wildman–Crippen MR) is 148 cm³/mol. The molecule has 8 nitrogen and oxygen atoms in total. The van der Waals surface area contributed by atoms with Gasteiger partial charge in [-0.05, 0) is 62.1 Å². The number of rotatable bonds is 6. The first kappa shape index (κ1) is 28.2. The number of aliphatic hydroxyl groups is 1. The molecule has 0 aliphatic carbocycles. The Labute approximate surface area is 232 Å². The highest BCUT2D eigenvalue weighted by atomic mass is 32.2. The van der Waals surface area contributed by atoms with E-state index in [9.17, 15) is 18.3 Å². The number of fused-ring (bicyclic) bond motifs is 1. The molecule has 3 aliphatic rings. The van der Waals surface area contributed by atoms with Gasteiger partial charge in [0.2, 0.25) is 15.9 Å². The number of β-amino-alcohol motifs (C(OH)–C–C–N with tert-alkyl or cyclic N) is 1. The fraction of sp³-hybridized carbons (Fsp3) is 0.567. The van der Waals surface area contributed by atoms with Crippen LogP contribution in [0.15, 0.2) is 59.5 Å². The molecule has 3 heterocycles. The molecule has 3 fully saturated rings. The van der Waals surface area contributed by atoms with Gasteiger partial charge in [-0.15, -0.1) is 0 Å². The molecule has 1 amide bonds. The number of hydrogen-bond donors (Lipinski definition) is 1. The largest absolute Gasteiger partial charge is 0.389 e. The average Bonchev–Trinajstić information content (AvgIpc) is 2.92. The number of benzene rings is 2. The summed E-state index contributed by atoms with van der Waals surface area (Å²) in [5.74, 6) is 0.690. The molecule has 0 bridgehead atoms. The Bertz CT molecular complexity index is 1210. The SMILES string of the molecule is Cc1ccccc1S(=O)(=O)N1C[C@@H](O)COC[C@H]2O[C@@H](CC(=O)N3CCC(Cc4ccccc4)CC3)CC[C@@H]21. The van der Waals surface area contributed by atoms with Crippen LogP contribution in [0.4, 0.5) is 0 Å². The summed E-state index contributed by atoms with van der Waals surface area (Å²) in [7, 11) is -3.86. The van der Waals surface area contributed by atoms with Crippen molar-refractivity contribution in [2.24, 2.45) is 5.92 Å². The molecular weight excluding hydrogens is 516 g/mol. The van der Waals surface area contributed by atoms with E-state index in [2.05, 4.69) is 24.3 Å². The van der Waals surface area contributed by atoms with Crippen LogP contribution in [0.25, 0.3) is 0 Å². The van der Waals surface area contributed by atoms with E-state index >= 15 is 0 Å². The quantitative estimate of drug-likeness (QED) is 0.587. The maximum atomic E-state index is 13.7. The maximum absolute atomic E-state index is 13.7. The number of piperidine rings is 1. The molecule has 39 heavy (non-hydrogen) atoms. The molecule has 9 heteroatoms. The van der Waals surface area contributed by atoms with Crippen molar-refractivity contribution in [3.63, 3.8) is 0 Å². The van der Waals surface area contributed by atoms with Crippen molar-refractivity contribution in [3.8, 4) is 0 Å². The van der Waals surface area contributed by atoms with Crippen LogP contribution in [0.5, 0.6) is 0 Å². The van der Waals surface area contributed by atoms with Crippen LogP contribution in [0.3, 0.4) is 0 Å². The Morgan fingerprint density at radius 3 is 2.44 bits per heavy atom. The van der Waals surface area contributed by atoms with Gasteiger partial charge >= 0.3 is 0 Å². The third-order valence-corrected chi connectivity index (χ3v) is 10.4. The summed E-state index contributed by atoms with van der Waals surface area (Å²) in [4.78, 5) is 15.4. The minimum Gasteiger partial charge on any atom is -0.389 e. The number of aryl methyl sites for hydroxylation is 1. The average molecular weight is 557 g/mol. The third-order valence-electron chi connectivity index (χ3n) is 8.35. The number of carbonyl (C=O) groups excluding carboxylic acids is 1. The lowest BCUT2D eigenvalue weighted by molar-refractivity contribution is -0.152. The van der Waals surface area contributed by atoms with E-state index in [4.69, 9.17) is 9.47 Å². The summed E-state index contributed by atoms with van der Waals surface area (Å²) in [6, 6.07) is 16.9. The van der Waals surface area contributed by atoms with Gasteiger partial charge in [0.25, 0.3) is 0 Å². The first-order chi connectivity index (χ1) is 18.8. The number of amides is 1. The zero-order valence-electron chi connectivity index (χ0n) is 22.7. The molecular formula is C30H40N2O6S. The van der Waals surface area contributed by atoms with Crippen LogP contribution < -0.4 is 0 Å². The van der Waals surface area contributed by atoms with E-state index in [1.165, 1.54) is 9.87 Å². The van der Waals surface area contributed by atoms with Gasteiger partial charge in [-0.2, -0.15) is 4.31 Å². The molecule has 5 rings (SSSR count). The number of sulfonamides is 1. The second kappa shape index (κ2) is 12.5. The van der Waals surface area contributed by atoms with Crippen LogP contribution in [0.1, 0.15) is 43.2 Å². The number of hydrogen-bond acceptors (Lipinski definition) is 6. The first-order valence-corrected chi connectivity index (χ1v) is 15.6. The molecule has 0 spiro atoms. The van der Waals surface area contributed by atoms with E-state index in [1.54, 1.807) is 25.1 Å². The van der Waals surface area contributed by atoms with Gasteiger partial charge in [-0.3, -0.25) is 4.79 Å². The highest BCUT2D eigenvalue weighted by Gasteiger charge is 2.43. The molecule has 3 saturated heterocycles. The second-order valence-corrected chi connectivity index (χ2v) is 13.0. The van der Waals surface area contributed by atoms with E-state index < -0.39 is 28.3 Å². The first-order valence-electron chi connectivity index (χ1n) is 14.1. The zero-order valence-corrected chi connectivity index (χ0v) is 23.5. The molecule has 0 unspecified atom stereocenters. The topological polar surface area (TPSA) is 96.4 Å². The highest BCUT2D eigenvalue weighted by molar-refractivity contribution is 7.89. The number of carbonyl (C=O) groups is 1. The summed E-state index contributed by atoms with van der Waals surface area (Å²) in [6.07, 6.45) is 2.76. The van der Waals surface area contributed by atoms with Gasteiger partial charge in [0.05, 0.1) is 48.9 Å². The minimum atomic E-state index is -3.86. The van der Waals surface area contributed by atoms with Gasteiger partial charge in [0.15, 0.2) is 0 Å². The van der Waals surface area contributed by atoms with Gasteiger partial charge in [-0.1, -0.05) is 48.5 Å². The third kappa shape index (κ3) is 6.72. The van der Waals surface area contributed by atoms with Crippen molar-refractivity contribution in [1.82, 2.24) is 9.21 Å². The summed E-state index contributed by atoms with van der Waals surface area (Å²) in [6.45, 7) is 3.46. The molecule has 0 saturated carbocycles. The predicted octanol–water partition coefficient (Wildman–Crippen LogP) is 3.16. The molecule has 0 aromatic heterocycles. The van der Waals surface area contributed by atoms with Gasteiger partial charge in [0, 0.05) is 19.6 Å². The number of ether oxygens (including phenoxy) is 2. The van der Waals surface area contributed by atoms with E-state index in [0.29, 0.717) is 30.7 Å². The Morgan fingerprint density at radius 2 is 1.69 bits per heavy atom. The number of nitrogens with zero attached hydrogens (tertiary/aromatic N) is 2. The smallest absolute Gasteiger partial charge is 0.243 e. The summed E-state index contributed by atoms with van der Waals surface area (Å²) in [5.41, 5.74) is 2.01. The molecule has 2 aromatic rings. The van der Waals surface area contributed by atoms with Crippen LogP contribution in [-0.4, -0.2) is 85.8 Å². The molecule has 4 atom stereocenters. The van der Waals surface area contributed by atoms with Crippen molar-refractivity contribution < 1.29 is 27.8 Å². The van der Waals surface area contributed by atoms with E-state index in [1.807, 2.05) is 17.0 Å². The van der Waals surface area contributed by atoms with Crippen molar-refractivity contribution in [2.75, 3.05) is 32.8 Å². The van der Waals surface area contributed by atoms with Gasteiger partial charge in [0.1, 0.15) is 0 Å². The monoisotopic (exact) mass is 556 g/mol. The molecule has 0 radical (unpaired) electrons. The molecule has 1 N–H and O–H groups in total. The lowest BCUT2D eigenvalue weighted by Gasteiger charge is -2.44. The van der Waals surface area contributed by atoms with E-state index in [0.717, 1.165) is 32.4 Å². The van der Waals surface area contributed by atoms with Gasteiger partial charge < -0.3 is 19.5 Å². The van der Waals surface area contributed by atoms with Crippen molar-refractivity contribution >= 4 is 15.9 Å².